The molecule has 1 amide bonds. The summed E-state index contributed by atoms with van der Waals surface area (Å²) in [6.07, 6.45) is 5.85. The number of carboxylic acids is 1. The van der Waals surface area contributed by atoms with Crippen LogP contribution < -0.4 is 0 Å². The molecular weight excluding hydrogens is 462 g/mol. The van der Waals surface area contributed by atoms with E-state index in [2.05, 4.69) is 11.1 Å². The molecule has 4 rings (SSSR count). The zero-order valence-corrected chi connectivity index (χ0v) is 21.6. The van der Waals surface area contributed by atoms with Crippen LogP contribution in [0.4, 0.5) is 8.78 Å². The molecule has 7 heteroatoms. The van der Waals surface area contributed by atoms with Crippen LogP contribution in [0.1, 0.15) is 88.5 Å². The maximum atomic E-state index is 14.0. The molecule has 0 radical (unpaired) electrons. The van der Waals surface area contributed by atoms with Gasteiger partial charge in [0.1, 0.15) is 0 Å². The number of alkyl halides is 2. The van der Waals surface area contributed by atoms with Crippen molar-refractivity contribution in [2.75, 3.05) is 13.1 Å². The fourth-order valence-corrected chi connectivity index (χ4v) is 5.56. The lowest BCUT2D eigenvalue weighted by Crippen LogP contribution is -2.39. The lowest BCUT2D eigenvalue weighted by atomic mass is 9.88. The first kappa shape index (κ1) is 26.0. The molecule has 1 aliphatic heterocycles. The van der Waals surface area contributed by atoms with E-state index < -0.39 is 11.9 Å². The maximum absolute atomic E-state index is 14.0. The van der Waals surface area contributed by atoms with Crippen LogP contribution >= 0.6 is 0 Å². The van der Waals surface area contributed by atoms with Gasteiger partial charge in [-0.1, -0.05) is 18.6 Å². The van der Waals surface area contributed by atoms with Crippen LogP contribution in [0, 0.1) is 26.7 Å². The number of benzene rings is 1. The van der Waals surface area contributed by atoms with Crippen molar-refractivity contribution in [2.45, 2.75) is 72.1 Å². The monoisotopic (exact) mass is 496 g/mol. The highest BCUT2D eigenvalue weighted by Crippen LogP contribution is 2.42. The van der Waals surface area contributed by atoms with Crippen molar-refractivity contribution in [3.05, 3.63) is 68.5 Å². The Labute approximate surface area is 211 Å². The van der Waals surface area contributed by atoms with Crippen LogP contribution in [0.2, 0.25) is 0 Å². The van der Waals surface area contributed by atoms with E-state index in [1.165, 1.54) is 0 Å². The number of hydrogen-bond acceptors (Lipinski definition) is 3. The summed E-state index contributed by atoms with van der Waals surface area (Å²) >= 11 is 0. The van der Waals surface area contributed by atoms with Gasteiger partial charge in [-0.2, -0.15) is 0 Å². The minimum Gasteiger partial charge on any atom is -0.481 e. The number of rotatable bonds is 6. The van der Waals surface area contributed by atoms with Crippen molar-refractivity contribution in [3.63, 3.8) is 0 Å². The fourth-order valence-electron chi connectivity index (χ4n) is 5.56. The number of halogens is 2. The van der Waals surface area contributed by atoms with Crippen molar-refractivity contribution < 1.29 is 23.5 Å². The summed E-state index contributed by atoms with van der Waals surface area (Å²) in [5, 5.41) is 9.04. The molecule has 192 valence electrons. The quantitative estimate of drug-likeness (QED) is 0.518. The number of amides is 1. The summed E-state index contributed by atoms with van der Waals surface area (Å²) in [7, 11) is 0. The van der Waals surface area contributed by atoms with Gasteiger partial charge in [-0.15, -0.1) is 0 Å². The number of aliphatic carboxylic acids is 1. The minimum absolute atomic E-state index is 0.00702. The standard InChI is InChI=1S/C29H34F2N2O3/c1-16-10-22(29(5,30)31)14-25-17(2)21(12-23(16)25)13-24-18(3)26(15-32-19(24)4)28(36)33-8-6-20(7-9-33)11-27(34)35/h10,12,14-15,17,20H,6-9,11,13H2,1-5H3,(H,34,35). The van der Waals surface area contributed by atoms with Gasteiger partial charge in [0, 0.05) is 49.8 Å². The molecule has 1 fully saturated rings. The third kappa shape index (κ3) is 5.06. The SMILES string of the molecule is Cc1cc(C(C)(F)F)cc2c1C=C(Cc1c(C)ncc(C(=O)N3CCC(CC(=O)O)CC3)c1C)C2C. The van der Waals surface area contributed by atoms with E-state index in [9.17, 15) is 18.4 Å². The van der Waals surface area contributed by atoms with E-state index in [1.54, 1.807) is 23.2 Å². The third-order valence-electron chi connectivity index (χ3n) is 7.94. The number of nitrogens with zero attached hydrogens (tertiary/aromatic N) is 2. The topological polar surface area (TPSA) is 70.5 Å². The molecule has 36 heavy (non-hydrogen) atoms. The molecule has 0 saturated carbocycles. The Balaban J connectivity index is 1.56. The molecule has 1 atom stereocenters. The Morgan fingerprint density at radius 2 is 1.83 bits per heavy atom. The summed E-state index contributed by atoms with van der Waals surface area (Å²) in [5.74, 6) is -3.66. The van der Waals surface area contributed by atoms with Gasteiger partial charge in [-0.3, -0.25) is 14.6 Å². The normalized spacial score (nSPS) is 18.2. The van der Waals surface area contributed by atoms with E-state index in [4.69, 9.17) is 5.11 Å². The lowest BCUT2D eigenvalue weighted by molar-refractivity contribution is -0.138. The second-order valence-electron chi connectivity index (χ2n) is 10.5. The average Bonchev–Trinajstić information content (AvgIpc) is 3.12. The fraction of sp³-hybridized carbons (Fsp3) is 0.483. The van der Waals surface area contributed by atoms with Crippen LogP contribution in [0.3, 0.4) is 0 Å². The largest absolute Gasteiger partial charge is 0.481 e. The Bertz CT molecular complexity index is 1240. The summed E-state index contributed by atoms with van der Waals surface area (Å²) in [6, 6.07) is 3.20. The highest BCUT2D eigenvalue weighted by molar-refractivity contribution is 5.96. The Hall–Kier alpha value is -3.09. The van der Waals surface area contributed by atoms with Gasteiger partial charge in [-0.05, 0) is 85.9 Å². The van der Waals surface area contributed by atoms with E-state index >= 15 is 0 Å². The molecule has 1 N–H and O–H groups in total. The third-order valence-corrected chi connectivity index (χ3v) is 7.94. The second kappa shape index (κ2) is 9.75. The van der Waals surface area contributed by atoms with Crippen LogP contribution in [0.5, 0.6) is 0 Å². The Kier molecular flexibility index (Phi) is 7.04. The summed E-state index contributed by atoms with van der Waals surface area (Å²) in [4.78, 5) is 30.7. The number of likely N-dealkylation sites (tertiary alicyclic amines) is 1. The average molecular weight is 497 g/mol. The zero-order chi connectivity index (χ0) is 26.4. The van der Waals surface area contributed by atoms with E-state index in [1.807, 2.05) is 27.7 Å². The van der Waals surface area contributed by atoms with Gasteiger partial charge in [0.15, 0.2) is 0 Å². The number of hydrogen-bond donors (Lipinski definition) is 1. The molecule has 2 heterocycles. The Morgan fingerprint density at radius 3 is 2.44 bits per heavy atom. The van der Waals surface area contributed by atoms with Gasteiger partial charge in [0.2, 0.25) is 0 Å². The first-order valence-electron chi connectivity index (χ1n) is 12.6. The number of aromatic nitrogens is 1. The first-order valence-corrected chi connectivity index (χ1v) is 12.6. The van der Waals surface area contributed by atoms with Crippen molar-refractivity contribution in [1.29, 1.82) is 0 Å². The number of aryl methyl sites for hydroxylation is 2. The molecule has 5 nitrogen and oxygen atoms in total. The van der Waals surface area contributed by atoms with Crippen LogP contribution in [0.25, 0.3) is 6.08 Å². The number of carbonyl (C=O) groups excluding carboxylic acids is 1. The molecule has 0 bridgehead atoms. The van der Waals surface area contributed by atoms with Crippen molar-refractivity contribution in [1.82, 2.24) is 9.88 Å². The summed E-state index contributed by atoms with van der Waals surface area (Å²) in [6.45, 7) is 9.81. The second-order valence-corrected chi connectivity index (χ2v) is 10.5. The Morgan fingerprint density at radius 1 is 1.17 bits per heavy atom. The highest BCUT2D eigenvalue weighted by Gasteiger charge is 2.31. The van der Waals surface area contributed by atoms with Crippen LogP contribution in [0.15, 0.2) is 23.9 Å². The lowest BCUT2D eigenvalue weighted by Gasteiger charge is -2.32. The summed E-state index contributed by atoms with van der Waals surface area (Å²) in [5.41, 5.74) is 7.23. The molecule has 1 unspecified atom stereocenters. The van der Waals surface area contributed by atoms with Gasteiger partial charge >= 0.3 is 5.97 Å². The molecule has 0 spiro atoms. The van der Waals surface area contributed by atoms with E-state index in [-0.39, 0.29) is 29.7 Å². The number of carbonyl (C=O) groups is 2. The highest BCUT2D eigenvalue weighted by atomic mass is 19.3. The maximum Gasteiger partial charge on any atom is 0.303 e. The van der Waals surface area contributed by atoms with Gasteiger partial charge < -0.3 is 10.0 Å². The van der Waals surface area contributed by atoms with Crippen molar-refractivity contribution in [3.8, 4) is 0 Å². The van der Waals surface area contributed by atoms with Crippen molar-refractivity contribution in [2.24, 2.45) is 5.92 Å². The smallest absolute Gasteiger partial charge is 0.303 e. The molecule has 2 aliphatic rings. The van der Waals surface area contributed by atoms with Gasteiger partial charge in [-0.25, -0.2) is 8.78 Å². The van der Waals surface area contributed by atoms with Crippen molar-refractivity contribution >= 4 is 18.0 Å². The number of piperidine rings is 1. The van der Waals surface area contributed by atoms with Crippen LogP contribution in [-0.4, -0.2) is 40.0 Å². The number of carboxylic acid groups (broad SMARTS) is 1. The van der Waals surface area contributed by atoms with Gasteiger partial charge in [0.05, 0.1) is 5.56 Å². The molecule has 2 aromatic rings. The predicted octanol–water partition coefficient (Wildman–Crippen LogP) is 6.19. The molecule has 1 aromatic heterocycles. The zero-order valence-electron chi connectivity index (χ0n) is 21.6. The van der Waals surface area contributed by atoms with Crippen LogP contribution in [-0.2, 0) is 17.1 Å². The molecule has 1 saturated heterocycles. The minimum atomic E-state index is -2.89. The molecule has 1 aromatic carbocycles. The number of pyridine rings is 1. The first-order chi connectivity index (χ1) is 16.9. The van der Waals surface area contributed by atoms with E-state index in [0.717, 1.165) is 46.0 Å². The van der Waals surface area contributed by atoms with Gasteiger partial charge in [0.25, 0.3) is 11.8 Å². The molecular formula is C29H34F2N2O3. The molecule has 1 aliphatic carbocycles. The predicted molar refractivity (Wildman–Crippen MR) is 135 cm³/mol. The number of allylic oxidation sites excluding steroid dienone is 1. The number of fused-ring (bicyclic) bond motifs is 1. The van der Waals surface area contributed by atoms with E-state index in [0.29, 0.717) is 37.9 Å². The summed E-state index contributed by atoms with van der Waals surface area (Å²) < 4.78 is 28.1.